The Morgan fingerprint density at radius 2 is 2.08 bits per heavy atom. The summed E-state index contributed by atoms with van der Waals surface area (Å²) in [6, 6.07) is 13.0. The summed E-state index contributed by atoms with van der Waals surface area (Å²) in [5.74, 6) is -0.338. The van der Waals surface area contributed by atoms with Gasteiger partial charge in [0, 0.05) is 22.0 Å². The van der Waals surface area contributed by atoms with Crippen molar-refractivity contribution >= 4 is 46.6 Å². The standard InChI is InChI=1S/C18H17ClN2O2S/c1-2-11-5-3-4-6-13(11)20-17(22)10-16-18(23)21-14-9-12(19)7-8-15(14)24-16/h3-9,16H,2,10H2,1H3,(H,20,22)(H,21,23). The van der Waals surface area contributed by atoms with Crippen LogP contribution < -0.4 is 10.6 Å². The molecule has 1 unspecified atom stereocenters. The minimum atomic E-state index is -0.451. The number of rotatable bonds is 4. The third kappa shape index (κ3) is 3.74. The largest absolute Gasteiger partial charge is 0.326 e. The molecule has 2 aromatic carbocycles. The number of anilines is 2. The van der Waals surface area contributed by atoms with Crippen molar-refractivity contribution in [1.82, 2.24) is 0 Å². The zero-order chi connectivity index (χ0) is 17.1. The Morgan fingerprint density at radius 1 is 1.29 bits per heavy atom. The molecule has 2 aromatic rings. The summed E-state index contributed by atoms with van der Waals surface area (Å²) < 4.78 is 0. The second-order valence-corrected chi connectivity index (χ2v) is 7.18. The zero-order valence-corrected chi connectivity index (χ0v) is 14.7. The van der Waals surface area contributed by atoms with Crippen molar-refractivity contribution < 1.29 is 9.59 Å². The van der Waals surface area contributed by atoms with Crippen LogP contribution in [0.4, 0.5) is 11.4 Å². The number of hydrogen-bond donors (Lipinski definition) is 2. The molecule has 0 aliphatic carbocycles. The fraction of sp³-hybridized carbons (Fsp3) is 0.222. The molecule has 1 heterocycles. The Morgan fingerprint density at radius 3 is 2.88 bits per heavy atom. The van der Waals surface area contributed by atoms with Crippen LogP contribution in [0.3, 0.4) is 0 Å². The second kappa shape index (κ2) is 7.28. The van der Waals surface area contributed by atoms with Crippen LogP contribution in [0.1, 0.15) is 18.9 Å². The molecule has 24 heavy (non-hydrogen) atoms. The number of nitrogens with one attached hydrogen (secondary N) is 2. The number of hydrogen-bond acceptors (Lipinski definition) is 3. The molecule has 6 heteroatoms. The van der Waals surface area contributed by atoms with Crippen LogP contribution in [0, 0.1) is 0 Å². The summed E-state index contributed by atoms with van der Waals surface area (Å²) in [5.41, 5.74) is 2.58. The molecule has 1 atom stereocenters. The fourth-order valence-electron chi connectivity index (χ4n) is 2.58. The van der Waals surface area contributed by atoms with Gasteiger partial charge in [0.25, 0.3) is 0 Å². The average molecular weight is 361 g/mol. The van der Waals surface area contributed by atoms with Crippen molar-refractivity contribution in [3.8, 4) is 0 Å². The first-order valence-corrected chi connectivity index (χ1v) is 8.97. The van der Waals surface area contributed by atoms with Crippen molar-refractivity contribution in [3.63, 3.8) is 0 Å². The maximum absolute atomic E-state index is 12.3. The molecular weight excluding hydrogens is 344 g/mol. The van der Waals surface area contributed by atoms with Crippen LogP contribution in [0.2, 0.25) is 5.02 Å². The topological polar surface area (TPSA) is 58.2 Å². The molecule has 1 aliphatic heterocycles. The molecular formula is C18H17ClN2O2S. The molecule has 2 N–H and O–H groups in total. The van der Waals surface area contributed by atoms with E-state index >= 15 is 0 Å². The van der Waals surface area contributed by atoms with Gasteiger partial charge in [0.15, 0.2) is 0 Å². The molecule has 0 spiro atoms. The summed E-state index contributed by atoms with van der Waals surface area (Å²) in [6.07, 6.45) is 0.958. The summed E-state index contributed by atoms with van der Waals surface area (Å²) in [4.78, 5) is 25.5. The van der Waals surface area contributed by atoms with Crippen LogP contribution >= 0.6 is 23.4 Å². The summed E-state index contributed by atoms with van der Waals surface area (Å²) >= 11 is 7.33. The number of carbonyl (C=O) groups is 2. The summed E-state index contributed by atoms with van der Waals surface area (Å²) in [7, 11) is 0. The van der Waals surface area contributed by atoms with Crippen molar-refractivity contribution in [2.45, 2.75) is 29.9 Å². The van der Waals surface area contributed by atoms with E-state index in [1.165, 1.54) is 11.8 Å². The van der Waals surface area contributed by atoms with E-state index in [4.69, 9.17) is 11.6 Å². The number of benzene rings is 2. The number of halogens is 1. The van der Waals surface area contributed by atoms with Crippen LogP contribution in [0.15, 0.2) is 47.4 Å². The Hall–Kier alpha value is -1.98. The van der Waals surface area contributed by atoms with Crippen molar-refractivity contribution in [2.75, 3.05) is 10.6 Å². The lowest BCUT2D eigenvalue weighted by Gasteiger charge is -2.24. The van der Waals surface area contributed by atoms with E-state index < -0.39 is 5.25 Å². The lowest BCUT2D eigenvalue weighted by molar-refractivity contribution is -0.120. The van der Waals surface area contributed by atoms with Gasteiger partial charge in [-0.1, -0.05) is 36.7 Å². The van der Waals surface area contributed by atoms with E-state index in [1.54, 1.807) is 12.1 Å². The van der Waals surface area contributed by atoms with Crippen LogP contribution in [0.5, 0.6) is 0 Å². The predicted molar refractivity (Wildman–Crippen MR) is 98.8 cm³/mol. The van der Waals surface area contributed by atoms with Gasteiger partial charge >= 0.3 is 0 Å². The highest BCUT2D eigenvalue weighted by Crippen LogP contribution is 2.38. The minimum Gasteiger partial charge on any atom is -0.326 e. The van der Waals surface area contributed by atoms with Gasteiger partial charge in [-0.05, 0) is 36.2 Å². The van der Waals surface area contributed by atoms with Crippen molar-refractivity contribution in [3.05, 3.63) is 53.1 Å². The van der Waals surface area contributed by atoms with Gasteiger partial charge in [0.1, 0.15) is 0 Å². The number of amides is 2. The average Bonchev–Trinajstić information content (AvgIpc) is 2.56. The monoisotopic (exact) mass is 360 g/mol. The molecule has 0 radical (unpaired) electrons. The van der Waals surface area contributed by atoms with Crippen molar-refractivity contribution in [1.29, 1.82) is 0 Å². The smallest absolute Gasteiger partial charge is 0.238 e. The normalized spacial score (nSPS) is 16.2. The van der Waals surface area contributed by atoms with Crippen LogP contribution in [0.25, 0.3) is 0 Å². The van der Waals surface area contributed by atoms with Gasteiger partial charge in [-0.2, -0.15) is 0 Å². The highest BCUT2D eigenvalue weighted by molar-refractivity contribution is 8.01. The predicted octanol–water partition coefficient (Wildman–Crippen LogP) is 4.34. The first kappa shape index (κ1) is 16.9. The summed E-state index contributed by atoms with van der Waals surface area (Å²) in [6.45, 7) is 2.04. The lowest BCUT2D eigenvalue weighted by Crippen LogP contribution is -2.32. The van der Waals surface area contributed by atoms with Crippen molar-refractivity contribution in [2.24, 2.45) is 0 Å². The molecule has 2 amide bonds. The zero-order valence-electron chi connectivity index (χ0n) is 13.1. The van der Waals surface area contributed by atoms with Gasteiger partial charge in [-0.15, -0.1) is 11.8 Å². The quantitative estimate of drug-likeness (QED) is 0.852. The number of fused-ring (bicyclic) bond motifs is 1. The number of carbonyl (C=O) groups excluding carboxylic acids is 2. The maximum Gasteiger partial charge on any atom is 0.238 e. The molecule has 0 bridgehead atoms. The first-order valence-electron chi connectivity index (χ1n) is 7.71. The number of para-hydroxylation sites is 1. The highest BCUT2D eigenvalue weighted by atomic mass is 35.5. The molecule has 0 saturated carbocycles. The molecule has 4 nitrogen and oxygen atoms in total. The van der Waals surface area contributed by atoms with Gasteiger partial charge in [-0.3, -0.25) is 9.59 Å². The van der Waals surface area contributed by atoms with E-state index in [0.29, 0.717) is 10.7 Å². The SMILES string of the molecule is CCc1ccccc1NC(=O)CC1Sc2ccc(Cl)cc2NC1=O. The fourth-order valence-corrected chi connectivity index (χ4v) is 3.84. The van der Waals surface area contributed by atoms with E-state index in [2.05, 4.69) is 10.6 Å². The Kier molecular flexibility index (Phi) is 5.11. The Labute approximate surface area is 150 Å². The second-order valence-electron chi connectivity index (χ2n) is 5.50. The minimum absolute atomic E-state index is 0.122. The Bertz CT molecular complexity index is 794. The molecule has 0 fully saturated rings. The summed E-state index contributed by atoms with van der Waals surface area (Å²) in [5, 5.41) is 5.85. The first-order chi connectivity index (χ1) is 11.6. The van der Waals surface area contributed by atoms with Gasteiger partial charge in [0.2, 0.25) is 11.8 Å². The third-order valence-electron chi connectivity index (χ3n) is 3.80. The van der Waals surface area contributed by atoms with Crippen LogP contribution in [-0.2, 0) is 16.0 Å². The van der Waals surface area contributed by atoms with Gasteiger partial charge in [0.05, 0.1) is 10.9 Å². The number of thioether (sulfide) groups is 1. The highest BCUT2D eigenvalue weighted by Gasteiger charge is 2.29. The lowest BCUT2D eigenvalue weighted by atomic mass is 10.1. The molecule has 1 aliphatic rings. The van der Waals surface area contributed by atoms with E-state index in [9.17, 15) is 9.59 Å². The third-order valence-corrected chi connectivity index (χ3v) is 5.31. The van der Waals surface area contributed by atoms with E-state index in [1.807, 2.05) is 37.3 Å². The van der Waals surface area contributed by atoms with Gasteiger partial charge < -0.3 is 10.6 Å². The molecule has 3 rings (SSSR count). The molecule has 0 aromatic heterocycles. The van der Waals surface area contributed by atoms with Gasteiger partial charge in [-0.25, -0.2) is 0 Å². The Balaban J connectivity index is 1.68. The molecule has 124 valence electrons. The van der Waals surface area contributed by atoms with E-state index in [0.717, 1.165) is 22.6 Å². The van der Waals surface area contributed by atoms with E-state index in [-0.39, 0.29) is 18.2 Å². The molecule has 0 saturated heterocycles. The number of aryl methyl sites for hydroxylation is 1. The maximum atomic E-state index is 12.3. The van der Waals surface area contributed by atoms with Crippen LogP contribution in [-0.4, -0.2) is 17.1 Å².